The molecule has 1 fully saturated rings. The molecule has 0 spiro atoms. The van der Waals surface area contributed by atoms with Crippen LogP contribution >= 0.6 is 0 Å². The van der Waals surface area contributed by atoms with E-state index in [1.807, 2.05) is 12.3 Å². The number of pyridine rings is 1. The molecule has 0 aromatic carbocycles. The highest BCUT2D eigenvalue weighted by Crippen LogP contribution is 2.29. The Bertz CT molecular complexity index is 375. The molecule has 1 saturated carbocycles. The average molecular weight is 263 g/mol. The van der Waals surface area contributed by atoms with Gasteiger partial charge in [-0.1, -0.05) is 6.92 Å². The fraction of sp³-hybridized carbons (Fsp3) is 0.667. The van der Waals surface area contributed by atoms with E-state index in [1.165, 1.54) is 19.3 Å². The number of aromatic nitrogens is 1. The van der Waals surface area contributed by atoms with Gasteiger partial charge in [0.2, 0.25) is 0 Å². The number of hydrogen-bond acceptors (Lipinski definition) is 4. The third kappa shape index (κ3) is 3.45. The monoisotopic (exact) mass is 263 g/mol. The van der Waals surface area contributed by atoms with E-state index >= 15 is 0 Å². The van der Waals surface area contributed by atoms with Crippen molar-refractivity contribution in [3.63, 3.8) is 0 Å². The van der Waals surface area contributed by atoms with Gasteiger partial charge in [-0.2, -0.15) is 0 Å². The minimum absolute atomic E-state index is 0.0312. The van der Waals surface area contributed by atoms with Gasteiger partial charge in [0.15, 0.2) is 0 Å². The van der Waals surface area contributed by atoms with Gasteiger partial charge in [-0.15, -0.1) is 0 Å². The number of rotatable bonds is 7. The zero-order valence-corrected chi connectivity index (χ0v) is 11.8. The number of nitrogens with zero attached hydrogens (tertiary/aromatic N) is 2. The van der Waals surface area contributed by atoms with Gasteiger partial charge in [0.05, 0.1) is 17.6 Å². The Morgan fingerprint density at radius 2 is 2.26 bits per heavy atom. The minimum Gasteiger partial charge on any atom is -0.396 e. The van der Waals surface area contributed by atoms with Crippen LogP contribution in [-0.4, -0.2) is 29.3 Å². The van der Waals surface area contributed by atoms with Gasteiger partial charge in [-0.3, -0.25) is 4.98 Å². The van der Waals surface area contributed by atoms with Crippen molar-refractivity contribution in [2.45, 2.75) is 51.1 Å². The van der Waals surface area contributed by atoms with Crippen molar-refractivity contribution in [2.24, 2.45) is 5.73 Å². The Balaban J connectivity index is 2.07. The molecule has 0 unspecified atom stereocenters. The molecule has 4 heteroatoms. The Morgan fingerprint density at radius 3 is 2.74 bits per heavy atom. The van der Waals surface area contributed by atoms with Crippen LogP contribution < -0.4 is 10.6 Å². The summed E-state index contributed by atoms with van der Waals surface area (Å²) in [6.07, 6.45) is 7.46. The number of aliphatic hydroxyl groups is 1. The fourth-order valence-corrected chi connectivity index (χ4v) is 2.46. The van der Waals surface area contributed by atoms with Gasteiger partial charge in [0, 0.05) is 25.2 Å². The maximum Gasteiger partial charge on any atom is 0.0572 e. The lowest BCUT2D eigenvalue weighted by Crippen LogP contribution is -2.41. The lowest BCUT2D eigenvalue weighted by molar-refractivity contribution is 0.283. The molecule has 2 rings (SSSR count). The Kier molecular flexibility index (Phi) is 5.16. The SMILES string of the molecule is CC[C@H](N)c1ccc(N(CCCO)C2CCC2)cn1. The summed E-state index contributed by atoms with van der Waals surface area (Å²) in [4.78, 5) is 6.87. The molecule has 1 aliphatic rings. The highest BCUT2D eigenvalue weighted by molar-refractivity contribution is 5.46. The first kappa shape index (κ1) is 14.3. The second kappa shape index (κ2) is 6.87. The zero-order valence-electron chi connectivity index (χ0n) is 11.8. The summed E-state index contributed by atoms with van der Waals surface area (Å²) in [5.74, 6) is 0. The molecule has 0 amide bonds. The van der Waals surface area contributed by atoms with Crippen molar-refractivity contribution in [2.75, 3.05) is 18.1 Å². The van der Waals surface area contributed by atoms with Crippen LogP contribution in [0.25, 0.3) is 0 Å². The molecule has 0 radical (unpaired) electrons. The van der Waals surface area contributed by atoms with Gasteiger partial charge < -0.3 is 15.7 Å². The third-order valence-electron chi connectivity index (χ3n) is 3.99. The predicted molar refractivity (Wildman–Crippen MR) is 78.1 cm³/mol. The summed E-state index contributed by atoms with van der Waals surface area (Å²) in [6, 6.07) is 4.81. The first-order valence-corrected chi connectivity index (χ1v) is 7.35. The van der Waals surface area contributed by atoms with E-state index in [-0.39, 0.29) is 12.6 Å². The maximum absolute atomic E-state index is 9.02. The smallest absolute Gasteiger partial charge is 0.0572 e. The minimum atomic E-state index is 0.0312. The Labute approximate surface area is 115 Å². The topological polar surface area (TPSA) is 62.4 Å². The molecule has 106 valence electrons. The van der Waals surface area contributed by atoms with E-state index in [0.717, 1.165) is 30.8 Å². The molecule has 1 heterocycles. The van der Waals surface area contributed by atoms with Crippen molar-refractivity contribution in [1.29, 1.82) is 0 Å². The Hall–Kier alpha value is -1.13. The van der Waals surface area contributed by atoms with E-state index < -0.39 is 0 Å². The van der Waals surface area contributed by atoms with Gasteiger partial charge in [0.1, 0.15) is 0 Å². The van der Waals surface area contributed by atoms with Crippen molar-refractivity contribution in [3.05, 3.63) is 24.0 Å². The first-order chi connectivity index (χ1) is 9.26. The highest BCUT2D eigenvalue weighted by Gasteiger charge is 2.25. The van der Waals surface area contributed by atoms with Gasteiger partial charge in [0.25, 0.3) is 0 Å². The van der Waals surface area contributed by atoms with Crippen LogP contribution in [0.4, 0.5) is 5.69 Å². The molecule has 19 heavy (non-hydrogen) atoms. The van der Waals surface area contributed by atoms with Crippen LogP contribution in [0.3, 0.4) is 0 Å². The van der Waals surface area contributed by atoms with Gasteiger partial charge in [-0.25, -0.2) is 0 Å². The summed E-state index contributed by atoms with van der Waals surface area (Å²) in [6.45, 7) is 3.22. The summed E-state index contributed by atoms with van der Waals surface area (Å²) < 4.78 is 0. The van der Waals surface area contributed by atoms with Crippen LogP contribution in [0.5, 0.6) is 0 Å². The number of anilines is 1. The molecular formula is C15H25N3O. The number of hydrogen-bond donors (Lipinski definition) is 2. The van der Waals surface area contributed by atoms with E-state index in [1.54, 1.807) is 0 Å². The summed E-state index contributed by atoms with van der Waals surface area (Å²) in [5.41, 5.74) is 8.11. The van der Waals surface area contributed by atoms with Crippen LogP contribution in [0, 0.1) is 0 Å². The van der Waals surface area contributed by atoms with Crippen molar-refractivity contribution < 1.29 is 5.11 Å². The zero-order chi connectivity index (χ0) is 13.7. The Morgan fingerprint density at radius 1 is 1.47 bits per heavy atom. The lowest BCUT2D eigenvalue weighted by atomic mass is 9.91. The van der Waals surface area contributed by atoms with E-state index in [0.29, 0.717) is 6.04 Å². The van der Waals surface area contributed by atoms with Crippen LogP contribution in [-0.2, 0) is 0 Å². The van der Waals surface area contributed by atoms with Crippen molar-refractivity contribution >= 4 is 5.69 Å². The highest BCUT2D eigenvalue weighted by atomic mass is 16.3. The molecule has 4 nitrogen and oxygen atoms in total. The summed E-state index contributed by atoms with van der Waals surface area (Å²) in [7, 11) is 0. The fourth-order valence-electron chi connectivity index (χ4n) is 2.46. The normalized spacial score (nSPS) is 17.0. The second-order valence-corrected chi connectivity index (χ2v) is 5.31. The van der Waals surface area contributed by atoms with Crippen molar-refractivity contribution in [1.82, 2.24) is 4.98 Å². The average Bonchev–Trinajstić information content (AvgIpc) is 2.40. The molecule has 0 bridgehead atoms. The third-order valence-corrected chi connectivity index (χ3v) is 3.99. The number of aliphatic hydroxyl groups excluding tert-OH is 1. The van der Waals surface area contributed by atoms with E-state index in [9.17, 15) is 0 Å². The van der Waals surface area contributed by atoms with Crippen molar-refractivity contribution in [3.8, 4) is 0 Å². The molecular weight excluding hydrogens is 238 g/mol. The van der Waals surface area contributed by atoms with Gasteiger partial charge >= 0.3 is 0 Å². The maximum atomic E-state index is 9.02. The molecule has 1 atom stereocenters. The van der Waals surface area contributed by atoms with E-state index in [4.69, 9.17) is 10.8 Å². The predicted octanol–water partition coefficient (Wildman–Crippen LogP) is 2.23. The standard InChI is InChI=1S/C15H25N3O/c1-2-14(16)15-8-7-13(11-17-15)18(9-4-10-19)12-5-3-6-12/h7-8,11-12,14,19H,2-6,9-10,16H2,1H3/t14-/m0/s1. The summed E-state index contributed by atoms with van der Waals surface area (Å²) in [5, 5.41) is 9.02. The quantitative estimate of drug-likeness (QED) is 0.792. The van der Waals surface area contributed by atoms with Crippen LogP contribution in [0.1, 0.15) is 50.8 Å². The number of nitrogens with two attached hydrogens (primary N) is 1. The van der Waals surface area contributed by atoms with Crippen LogP contribution in [0.2, 0.25) is 0 Å². The van der Waals surface area contributed by atoms with E-state index in [2.05, 4.69) is 22.9 Å². The molecule has 1 aromatic rings. The molecule has 0 aliphatic heterocycles. The molecule has 3 N–H and O–H groups in total. The second-order valence-electron chi connectivity index (χ2n) is 5.31. The molecule has 0 saturated heterocycles. The largest absolute Gasteiger partial charge is 0.396 e. The van der Waals surface area contributed by atoms with Crippen LogP contribution in [0.15, 0.2) is 18.3 Å². The molecule has 1 aliphatic carbocycles. The lowest BCUT2D eigenvalue weighted by Gasteiger charge is -2.39. The van der Waals surface area contributed by atoms with Gasteiger partial charge in [-0.05, 0) is 44.2 Å². The first-order valence-electron chi connectivity index (χ1n) is 7.35. The molecule has 1 aromatic heterocycles. The summed E-state index contributed by atoms with van der Waals surface area (Å²) >= 11 is 0.